The van der Waals surface area contributed by atoms with Gasteiger partial charge in [0.1, 0.15) is 5.82 Å². The normalized spacial score (nSPS) is 11.3. The summed E-state index contributed by atoms with van der Waals surface area (Å²) in [5.41, 5.74) is 5.43. The summed E-state index contributed by atoms with van der Waals surface area (Å²) in [7, 11) is 0. The molecule has 3 aromatic carbocycles. The average Bonchev–Trinajstić information content (AvgIpc) is 3.04. The van der Waals surface area contributed by atoms with Gasteiger partial charge in [-0.05, 0) is 29.8 Å². The van der Waals surface area contributed by atoms with E-state index in [1.807, 2.05) is 54.6 Å². The minimum absolute atomic E-state index is 0.666. The highest BCUT2D eigenvalue weighted by molar-refractivity contribution is 9.10. The Hall–Kier alpha value is -3.05. The van der Waals surface area contributed by atoms with Crippen LogP contribution < -0.4 is 0 Å². The summed E-state index contributed by atoms with van der Waals surface area (Å²) >= 11 is 3.56. The molecule has 5 aromatic rings. The second kappa shape index (κ2) is 6.59. The van der Waals surface area contributed by atoms with Gasteiger partial charge in [0, 0.05) is 10.0 Å². The van der Waals surface area contributed by atoms with Crippen molar-refractivity contribution in [2.24, 2.45) is 0 Å². The Bertz CT molecular complexity index is 1260. The molecule has 0 fully saturated rings. The number of halogens is 1. The fourth-order valence-electron chi connectivity index (χ4n) is 3.26. The molecule has 0 aliphatic heterocycles. The standard InChI is InChI=1S/C22H15BrN4/c23-17-10-6-9-16(13-17)21-26-20-22(25-19-12-5-4-11-18(19)24-20)27(21)14-15-7-2-1-3-8-15/h1-13H,14H2. The van der Waals surface area contributed by atoms with Crippen LogP contribution >= 0.6 is 15.9 Å². The molecule has 0 aliphatic carbocycles. The first-order chi connectivity index (χ1) is 13.3. The third-order valence-electron chi connectivity index (χ3n) is 4.52. The molecule has 0 N–H and O–H groups in total. The molecule has 0 unspecified atom stereocenters. The highest BCUT2D eigenvalue weighted by atomic mass is 79.9. The van der Waals surface area contributed by atoms with Crippen molar-refractivity contribution in [1.29, 1.82) is 0 Å². The average molecular weight is 415 g/mol. The molecule has 0 spiro atoms. The maximum Gasteiger partial charge on any atom is 0.198 e. The molecule has 2 aromatic heterocycles. The summed E-state index contributed by atoms with van der Waals surface area (Å²) in [5.74, 6) is 0.866. The number of aromatic nitrogens is 4. The van der Waals surface area contributed by atoms with Crippen LogP contribution in [0.4, 0.5) is 0 Å². The monoisotopic (exact) mass is 414 g/mol. The van der Waals surface area contributed by atoms with Gasteiger partial charge < -0.3 is 4.57 Å². The number of hydrogen-bond acceptors (Lipinski definition) is 3. The van der Waals surface area contributed by atoms with Crippen LogP contribution in [0.25, 0.3) is 33.7 Å². The largest absolute Gasteiger partial charge is 0.303 e. The number of rotatable bonds is 3. The third kappa shape index (κ3) is 3.00. The van der Waals surface area contributed by atoms with Gasteiger partial charge in [0.05, 0.1) is 17.6 Å². The first kappa shape index (κ1) is 16.1. The fourth-order valence-corrected chi connectivity index (χ4v) is 3.66. The second-order valence-electron chi connectivity index (χ2n) is 6.38. The van der Waals surface area contributed by atoms with Crippen LogP contribution in [0.5, 0.6) is 0 Å². The minimum Gasteiger partial charge on any atom is -0.303 e. The lowest BCUT2D eigenvalue weighted by Gasteiger charge is -2.09. The van der Waals surface area contributed by atoms with Crippen molar-refractivity contribution >= 4 is 38.3 Å². The van der Waals surface area contributed by atoms with Crippen molar-refractivity contribution in [2.75, 3.05) is 0 Å². The van der Waals surface area contributed by atoms with Gasteiger partial charge in [0.15, 0.2) is 11.3 Å². The van der Waals surface area contributed by atoms with E-state index in [2.05, 4.69) is 44.8 Å². The summed E-state index contributed by atoms with van der Waals surface area (Å²) in [6.45, 7) is 0.687. The number of para-hydroxylation sites is 2. The van der Waals surface area contributed by atoms with Crippen molar-refractivity contribution in [2.45, 2.75) is 6.54 Å². The molecule has 27 heavy (non-hydrogen) atoms. The highest BCUT2D eigenvalue weighted by Crippen LogP contribution is 2.27. The minimum atomic E-state index is 0.666. The van der Waals surface area contributed by atoms with E-state index in [1.54, 1.807) is 0 Å². The highest BCUT2D eigenvalue weighted by Gasteiger charge is 2.16. The predicted octanol–water partition coefficient (Wildman–Crippen LogP) is 5.46. The van der Waals surface area contributed by atoms with Crippen LogP contribution in [0.3, 0.4) is 0 Å². The number of fused-ring (bicyclic) bond motifs is 2. The molecular weight excluding hydrogens is 400 g/mol. The fraction of sp³-hybridized carbons (Fsp3) is 0.0455. The van der Waals surface area contributed by atoms with Crippen molar-refractivity contribution in [3.63, 3.8) is 0 Å². The first-order valence-electron chi connectivity index (χ1n) is 8.71. The Labute approximate surface area is 164 Å². The van der Waals surface area contributed by atoms with E-state index in [1.165, 1.54) is 5.56 Å². The maximum absolute atomic E-state index is 4.87. The van der Waals surface area contributed by atoms with E-state index < -0.39 is 0 Å². The SMILES string of the molecule is Brc1cccc(-c2nc3nc4ccccc4nc3n2Cc2ccccc2)c1. The predicted molar refractivity (Wildman–Crippen MR) is 112 cm³/mol. The topological polar surface area (TPSA) is 43.6 Å². The molecule has 0 bridgehead atoms. The molecule has 0 atom stereocenters. The Morgan fingerprint density at radius 3 is 2.26 bits per heavy atom. The summed E-state index contributed by atoms with van der Waals surface area (Å²) in [4.78, 5) is 14.4. The molecule has 5 rings (SSSR count). The van der Waals surface area contributed by atoms with Gasteiger partial charge in [-0.1, -0.05) is 70.5 Å². The van der Waals surface area contributed by atoms with Crippen LogP contribution in [-0.2, 0) is 6.54 Å². The molecule has 130 valence electrons. The number of hydrogen-bond donors (Lipinski definition) is 0. The molecule has 0 radical (unpaired) electrons. The van der Waals surface area contributed by atoms with E-state index >= 15 is 0 Å². The molecule has 2 heterocycles. The van der Waals surface area contributed by atoms with E-state index in [0.717, 1.165) is 32.5 Å². The quantitative estimate of drug-likeness (QED) is 0.393. The lowest BCUT2D eigenvalue weighted by Crippen LogP contribution is -2.03. The van der Waals surface area contributed by atoms with Crippen molar-refractivity contribution in [1.82, 2.24) is 19.5 Å². The Kier molecular flexibility index (Phi) is 3.94. The lowest BCUT2D eigenvalue weighted by molar-refractivity contribution is 0.825. The number of nitrogens with zero attached hydrogens (tertiary/aromatic N) is 4. The molecule has 0 aliphatic rings. The zero-order valence-electron chi connectivity index (χ0n) is 14.4. The molecular formula is C22H15BrN4. The van der Waals surface area contributed by atoms with E-state index in [9.17, 15) is 0 Å². The van der Waals surface area contributed by atoms with Gasteiger partial charge in [0.2, 0.25) is 0 Å². The second-order valence-corrected chi connectivity index (χ2v) is 7.29. The molecule has 5 heteroatoms. The van der Waals surface area contributed by atoms with E-state index in [-0.39, 0.29) is 0 Å². The maximum atomic E-state index is 4.87. The van der Waals surface area contributed by atoms with Crippen molar-refractivity contribution in [3.05, 3.63) is 88.9 Å². The smallest absolute Gasteiger partial charge is 0.198 e. The van der Waals surface area contributed by atoms with Gasteiger partial charge in [-0.3, -0.25) is 0 Å². The summed E-state index contributed by atoms with van der Waals surface area (Å²) in [6, 6.07) is 26.4. The summed E-state index contributed by atoms with van der Waals surface area (Å²) in [6.07, 6.45) is 0. The van der Waals surface area contributed by atoms with E-state index in [0.29, 0.717) is 12.2 Å². The van der Waals surface area contributed by atoms with Gasteiger partial charge in [0.25, 0.3) is 0 Å². The third-order valence-corrected chi connectivity index (χ3v) is 5.02. The van der Waals surface area contributed by atoms with Crippen LogP contribution in [-0.4, -0.2) is 19.5 Å². The van der Waals surface area contributed by atoms with Crippen LogP contribution in [0, 0.1) is 0 Å². The van der Waals surface area contributed by atoms with E-state index in [4.69, 9.17) is 15.0 Å². The first-order valence-corrected chi connectivity index (χ1v) is 9.50. The van der Waals surface area contributed by atoms with Gasteiger partial charge in [-0.25, -0.2) is 15.0 Å². The zero-order chi connectivity index (χ0) is 18.2. The van der Waals surface area contributed by atoms with Crippen molar-refractivity contribution < 1.29 is 0 Å². The number of benzene rings is 3. The Morgan fingerprint density at radius 1 is 0.741 bits per heavy atom. The molecule has 0 saturated carbocycles. The Morgan fingerprint density at radius 2 is 1.48 bits per heavy atom. The molecule has 0 saturated heterocycles. The van der Waals surface area contributed by atoms with Crippen molar-refractivity contribution in [3.8, 4) is 11.4 Å². The number of imidazole rings is 1. The Balaban J connectivity index is 1.78. The summed E-state index contributed by atoms with van der Waals surface area (Å²) in [5, 5.41) is 0. The van der Waals surface area contributed by atoms with Gasteiger partial charge in [-0.2, -0.15) is 0 Å². The lowest BCUT2D eigenvalue weighted by atomic mass is 10.2. The van der Waals surface area contributed by atoms with Gasteiger partial charge >= 0.3 is 0 Å². The zero-order valence-corrected chi connectivity index (χ0v) is 16.0. The summed E-state index contributed by atoms with van der Waals surface area (Å²) < 4.78 is 3.16. The molecule has 4 nitrogen and oxygen atoms in total. The van der Waals surface area contributed by atoms with Crippen LogP contribution in [0.2, 0.25) is 0 Å². The van der Waals surface area contributed by atoms with Crippen LogP contribution in [0.1, 0.15) is 5.56 Å². The van der Waals surface area contributed by atoms with Crippen LogP contribution in [0.15, 0.2) is 83.3 Å². The van der Waals surface area contributed by atoms with Gasteiger partial charge in [-0.15, -0.1) is 0 Å². The molecule has 0 amide bonds.